The zero-order valence-electron chi connectivity index (χ0n) is 13.6. The summed E-state index contributed by atoms with van der Waals surface area (Å²) in [6, 6.07) is 7.12. The molecule has 5 heteroatoms. The average molecular weight is 311 g/mol. The number of ketones is 1. The molecule has 4 N–H and O–H groups in total. The summed E-state index contributed by atoms with van der Waals surface area (Å²) in [5.41, 5.74) is 15.5. The fourth-order valence-electron chi connectivity index (χ4n) is 3.42. The van der Waals surface area contributed by atoms with E-state index in [1.54, 1.807) is 12.1 Å². The first kappa shape index (κ1) is 15.3. The summed E-state index contributed by atoms with van der Waals surface area (Å²) >= 11 is 0. The van der Waals surface area contributed by atoms with Crippen LogP contribution in [-0.4, -0.2) is 16.3 Å². The zero-order chi connectivity index (χ0) is 16.9. The van der Waals surface area contributed by atoms with Gasteiger partial charge >= 0.3 is 0 Å². The minimum absolute atomic E-state index is 0.0642. The normalized spacial score (nSPS) is 16.2. The summed E-state index contributed by atoms with van der Waals surface area (Å²) in [5.74, 6) is -0.364. The molecule has 23 heavy (non-hydrogen) atoms. The van der Waals surface area contributed by atoms with E-state index in [9.17, 15) is 9.59 Å². The minimum atomic E-state index is -0.545. The molecule has 0 radical (unpaired) electrons. The lowest BCUT2D eigenvalue weighted by molar-refractivity contribution is 0.0910. The molecular formula is C18H21N3O2. The maximum Gasteiger partial charge on any atom is 0.250 e. The van der Waals surface area contributed by atoms with Crippen molar-refractivity contribution in [1.82, 2.24) is 4.57 Å². The molecule has 0 atom stereocenters. The molecule has 0 saturated carbocycles. The van der Waals surface area contributed by atoms with E-state index in [4.69, 9.17) is 11.5 Å². The van der Waals surface area contributed by atoms with Crippen LogP contribution in [0.25, 0.3) is 5.69 Å². The maximum absolute atomic E-state index is 12.4. The summed E-state index contributed by atoms with van der Waals surface area (Å²) in [4.78, 5) is 23.7. The average Bonchev–Trinajstić information content (AvgIpc) is 2.73. The summed E-state index contributed by atoms with van der Waals surface area (Å²) in [7, 11) is 0. The van der Waals surface area contributed by atoms with Crippen molar-refractivity contribution in [3.63, 3.8) is 0 Å². The van der Waals surface area contributed by atoms with Crippen molar-refractivity contribution < 1.29 is 9.59 Å². The number of Topliss-reactive ketones (excluding diaryl/α,β-unsaturated/α-hetero) is 1. The second-order valence-electron chi connectivity index (χ2n) is 7.06. The van der Waals surface area contributed by atoms with Crippen LogP contribution in [0.1, 0.15) is 52.4 Å². The van der Waals surface area contributed by atoms with Crippen molar-refractivity contribution in [3.8, 4) is 5.69 Å². The number of rotatable bonds is 2. The Morgan fingerprint density at radius 3 is 2.52 bits per heavy atom. The molecule has 2 aromatic rings. The van der Waals surface area contributed by atoms with Gasteiger partial charge in [0.25, 0.3) is 5.91 Å². The minimum Gasteiger partial charge on any atom is -0.398 e. The number of nitrogens with two attached hydrogens (primary N) is 2. The summed E-state index contributed by atoms with van der Waals surface area (Å²) in [6.07, 6.45) is 1.38. The number of aryl methyl sites for hydroxylation is 1. The van der Waals surface area contributed by atoms with Crippen molar-refractivity contribution in [2.24, 2.45) is 11.1 Å². The van der Waals surface area contributed by atoms with Gasteiger partial charge in [-0.3, -0.25) is 9.59 Å². The van der Waals surface area contributed by atoms with Gasteiger partial charge < -0.3 is 16.0 Å². The molecule has 0 bridgehead atoms. The Bertz CT molecular complexity index is 831. The lowest BCUT2D eigenvalue weighted by Crippen LogP contribution is -2.27. The first-order chi connectivity index (χ1) is 10.7. The van der Waals surface area contributed by atoms with Crippen LogP contribution in [0.15, 0.2) is 24.3 Å². The number of amides is 1. The fourth-order valence-corrected chi connectivity index (χ4v) is 3.42. The molecule has 0 saturated heterocycles. The lowest BCUT2D eigenvalue weighted by Gasteiger charge is -2.30. The molecule has 1 aliphatic carbocycles. The van der Waals surface area contributed by atoms with Crippen LogP contribution in [0.5, 0.6) is 0 Å². The van der Waals surface area contributed by atoms with Gasteiger partial charge in [-0.05, 0) is 43.0 Å². The zero-order valence-corrected chi connectivity index (χ0v) is 13.6. The quantitative estimate of drug-likeness (QED) is 0.835. The van der Waals surface area contributed by atoms with Gasteiger partial charge in [0.05, 0.1) is 5.56 Å². The van der Waals surface area contributed by atoms with E-state index in [-0.39, 0.29) is 11.2 Å². The van der Waals surface area contributed by atoms with Gasteiger partial charge in [-0.2, -0.15) is 0 Å². The van der Waals surface area contributed by atoms with Crippen LogP contribution in [0, 0.1) is 12.3 Å². The molecule has 1 aromatic heterocycles. The number of primary amides is 1. The number of fused-ring (bicyclic) bond motifs is 1. The van der Waals surface area contributed by atoms with Gasteiger partial charge in [-0.1, -0.05) is 13.8 Å². The third-order valence-electron chi connectivity index (χ3n) is 4.43. The summed E-state index contributed by atoms with van der Waals surface area (Å²) in [5, 5.41) is 0. The molecule has 0 spiro atoms. The van der Waals surface area contributed by atoms with E-state index >= 15 is 0 Å². The van der Waals surface area contributed by atoms with Crippen molar-refractivity contribution in [3.05, 3.63) is 46.8 Å². The molecule has 120 valence electrons. The highest BCUT2D eigenvalue weighted by molar-refractivity contribution is 6.00. The lowest BCUT2D eigenvalue weighted by atomic mass is 9.76. The van der Waals surface area contributed by atoms with Crippen LogP contribution in [0.2, 0.25) is 0 Å². The number of hydrogen-bond acceptors (Lipinski definition) is 3. The standard InChI is InChI=1S/C18H21N3O2/c1-10-6-13-15(8-18(2,3)9-16(13)22)21(10)11-4-5-12(17(20)23)14(19)7-11/h4-7H,8-9,19H2,1-3H3,(H2,20,23). The van der Waals surface area contributed by atoms with Crippen molar-refractivity contribution in [1.29, 1.82) is 0 Å². The predicted molar refractivity (Wildman–Crippen MR) is 89.9 cm³/mol. The number of nitrogens with zero attached hydrogens (tertiary/aromatic N) is 1. The molecule has 0 fully saturated rings. The van der Waals surface area contributed by atoms with Gasteiger partial charge in [0.15, 0.2) is 5.78 Å². The smallest absolute Gasteiger partial charge is 0.250 e. The Morgan fingerprint density at radius 2 is 1.91 bits per heavy atom. The summed E-state index contributed by atoms with van der Waals surface area (Å²) < 4.78 is 2.05. The number of carbonyl (C=O) groups excluding carboxylic acids is 2. The first-order valence-electron chi connectivity index (χ1n) is 7.64. The van der Waals surface area contributed by atoms with E-state index in [2.05, 4.69) is 18.4 Å². The molecule has 1 heterocycles. The predicted octanol–water partition coefficient (Wildman–Crippen LogP) is 2.62. The molecule has 3 rings (SSSR count). The number of aromatic nitrogens is 1. The van der Waals surface area contributed by atoms with Crippen LogP contribution < -0.4 is 11.5 Å². The van der Waals surface area contributed by atoms with Crippen LogP contribution in [0.4, 0.5) is 5.69 Å². The van der Waals surface area contributed by atoms with E-state index in [0.717, 1.165) is 29.1 Å². The SMILES string of the molecule is Cc1cc2c(n1-c1ccc(C(N)=O)c(N)c1)CC(C)(C)CC2=O. The maximum atomic E-state index is 12.4. The van der Waals surface area contributed by atoms with Gasteiger partial charge in [0, 0.05) is 34.7 Å². The third kappa shape index (κ3) is 2.52. The highest BCUT2D eigenvalue weighted by Crippen LogP contribution is 2.37. The topological polar surface area (TPSA) is 91.1 Å². The molecule has 1 aromatic carbocycles. The largest absolute Gasteiger partial charge is 0.398 e. The molecular weight excluding hydrogens is 290 g/mol. The first-order valence-corrected chi connectivity index (χ1v) is 7.64. The second-order valence-corrected chi connectivity index (χ2v) is 7.06. The van der Waals surface area contributed by atoms with Crippen molar-refractivity contribution in [2.75, 3.05) is 5.73 Å². The second kappa shape index (κ2) is 4.98. The fraction of sp³-hybridized carbons (Fsp3) is 0.333. The number of carbonyl (C=O) groups is 2. The van der Waals surface area contributed by atoms with Crippen LogP contribution in [-0.2, 0) is 6.42 Å². The van der Waals surface area contributed by atoms with E-state index in [0.29, 0.717) is 17.7 Å². The molecule has 0 aliphatic heterocycles. The van der Waals surface area contributed by atoms with Gasteiger partial charge in [0.1, 0.15) is 0 Å². The van der Waals surface area contributed by atoms with Gasteiger partial charge in [-0.15, -0.1) is 0 Å². The Labute approximate surface area is 135 Å². The molecule has 1 aliphatic rings. The van der Waals surface area contributed by atoms with E-state index < -0.39 is 5.91 Å². The summed E-state index contributed by atoms with van der Waals surface area (Å²) in [6.45, 7) is 6.17. The molecule has 5 nitrogen and oxygen atoms in total. The number of hydrogen-bond donors (Lipinski definition) is 2. The third-order valence-corrected chi connectivity index (χ3v) is 4.43. The van der Waals surface area contributed by atoms with E-state index in [1.807, 2.05) is 19.1 Å². The highest BCUT2D eigenvalue weighted by Gasteiger charge is 2.34. The number of nitrogen functional groups attached to an aromatic ring is 1. The Kier molecular flexibility index (Phi) is 3.32. The Morgan fingerprint density at radius 1 is 1.22 bits per heavy atom. The Balaban J connectivity index is 2.17. The van der Waals surface area contributed by atoms with Crippen molar-refractivity contribution in [2.45, 2.75) is 33.6 Å². The number of benzene rings is 1. The van der Waals surface area contributed by atoms with Gasteiger partial charge in [0.2, 0.25) is 0 Å². The van der Waals surface area contributed by atoms with Crippen LogP contribution >= 0.6 is 0 Å². The number of anilines is 1. The molecule has 0 unspecified atom stereocenters. The highest BCUT2D eigenvalue weighted by atomic mass is 16.1. The van der Waals surface area contributed by atoms with E-state index in [1.165, 1.54) is 0 Å². The Hall–Kier alpha value is -2.56. The van der Waals surface area contributed by atoms with Crippen LogP contribution in [0.3, 0.4) is 0 Å². The van der Waals surface area contributed by atoms with Crippen molar-refractivity contribution >= 4 is 17.4 Å². The molecule has 1 amide bonds. The van der Waals surface area contributed by atoms with Gasteiger partial charge in [-0.25, -0.2) is 0 Å². The monoisotopic (exact) mass is 311 g/mol.